The van der Waals surface area contributed by atoms with Crippen LogP contribution in [-0.2, 0) is 9.53 Å². The number of piperidine rings is 1. The molecule has 1 amide bonds. The van der Waals surface area contributed by atoms with Gasteiger partial charge in [-0.1, -0.05) is 12.8 Å². The highest BCUT2D eigenvalue weighted by atomic mass is 35.5. The smallest absolute Gasteiger partial charge is 0.242 e. The van der Waals surface area contributed by atoms with E-state index in [2.05, 4.69) is 9.80 Å². The molecule has 1 unspecified atom stereocenters. The van der Waals surface area contributed by atoms with Crippen LogP contribution < -0.4 is 5.73 Å². The molecule has 0 aromatic rings. The predicted octanol–water partition coefficient (Wildman–Crippen LogP) is 2.45. The van der Waals surface area contributed by atoms with Crippen molar-refractivity contribution in [3.63, 3.8) is 0 Å². The Morgan fingerprint density at radius 1 is 1.00 bits per heavy atom. The van der Waals surface area contributed by atoms with Crippen LogP contribution in [0.4, 0.5) is 0 Å². The molecule has 0 aliphatic carbocycles. The number of hydrogen-bond donors (Lipinski definition) is 1. The Hall–Kier alpha value is -0.0700. The monoisotopic (exact) mass is 395 g/mol. The average Bonchev–Trinajstić information content (AvgIpc) is 2.84. The molecule has 0 aromatic carbocycles. The summed E-state index contributed by atoms with van der Waals surface area (Å²) in [4.78, 5) is 17.6. The van der Waals surface area contributed by atoms with Crippen molar-refractivity contribution >= 4 is 30.7 Å². The third kappa shape index (κ3) is 6.24. The van der Waals surface area contributed by atoms with E-state index in [-0.39, 0.29) is 30.7 Å². The van der Waals surface area contributed by atoms with Crippen LogP contribution in [0, 0.1) is 5.92 Å². The summed E-state index contributed by atoms with van der Waals surface area (Å²) in [5, 5.41) is 0. The van der Waals surface area contributed by atoms with E-state index in [0.29, 0.717) is 32.0 Å². The highest BCUT2D eigenvalue weighted by Crippen LogP contribution is 2.25. The Morgan fingerprint density at radius 2 is 1.64 bits per heavy atom. The molecule has 3 aliphatic rings. The Labute approximate surface area is 164 Å². The zero-order chi connectivity index (χ0) is 16.1. The first-order valence-electron chi connectivity index (χ1n) is 9.56. The van der Waals surface area contributed by atoms with Crippen LogP contribution in [0.2, 0.25) is 0 Å². The normalized spacial score (nSPS) is 27.6. The molecule has 3 saturated heterocycles. The largest absolute Gasteiger partial charge is 0.381 e. The lowest BCUT2D eigenvalue weighted by Gasteiger charge is -2.41. The number of rotatable bonds is 3. The van der Waals surface area contributed by atoms with Crippen LogP contribution in [0.1, 0.15) is 51.4 Å². The zero-order valence-electron chi connectivity index (χ0n) is 15.3. The Bertz CT molecular complexity index is 398. The van der Waals surface area contributed by atoms with Crippen molar-refractivity contribution in [3.8, 4) is 0 Å². The van der Waals surface area contributed by atoms with Crippen LogP contribution in [0.15, 0.2) is 0 Å². The van der Waals surface area contributed by atoms with E-state index < -0.39 is 5.54 Å². The average molecular weight is 396 g/mol. The van der Waals surface area contributed by atoms with E-state index in [0.717, 1.165) is 26.1 Å². The molecular formula is C18H35Cl2N3O2. The number of likely N-dealkylation sites (tertiary alicyclic amines) is 2. The maximum atomic E-state index is 12.9. The summed E-state index contributed by atoms with van der Waals surface area (Å²) >= 11 is 0. The van der Waals surface area contributed by atoms with Gasteiger partial charge in [0.05, 0.1) is 5.54 Å². The topological polar surface area (TPSA) is 58.8 Å². The minimum atomic E-state index is -0.678. The lowest BCUT2D eigenvalue weighted by atomic mass is 9.88. The fourth-order valence-corrected chi connectivity index (χ4v) is 4.35. The molecule has 3 fully saturated rings. The number of halogens is 2. The molecule has 0 bridgehead atoms. The van der Waals surface area contributed by atoms with Gasteiger partial charge < -0.3 is 20.3 Å². The van der Waals surface area contributed by atoms with Gasteiger partial charge in [0, 0.05) is 32.8 Å². The Balaban J connectivity index is 0.00000156. The van der Waals surface area contributed by atoms with E-state index >= 15 is 0 Å². The molecule has 7 heteroatoms. The first-order chi connectivity index (χ1) is 11.2. The van der Waals surface area contributed by atoms with Gasteiger partial charge in [-0.05, 0) is 57.5 Å². The number of carbonyl (C=O) groups excluding carboxylic acids is 1. The first kappa shape index (κ1) is 23.0. The van der Waals surface area contributed by atoms with E-state index in [1.54, 1.807) is 0 Å². The summed E-state index contributed by atoms with van der Waals surface area (Å²) in [6.45, 7) is 6.65. The molecule has 0 radical (unpaired) electrons. The second-order valence-corrected chi connectivity index (χ2v) is 7.74. The van der Waals surface area contributed by atoms with E-state index in [1.165, 1.54) is 45.2 Å². The zero-order valence-corrected chi connectivity index (χ0v) is 16.9. The summed E-state index contributed by atoms with van der Waals surface area (Å²) in [6, 6.07) is 0. The van der Waals surface area contributed by atoms with E-state index in [9.17, 15) is 4.79 Å². The van der Waals surface area contributed by atoms with Gasteiger partial charge in [0.2, 0.25) is 5.91 Å². The predicted molar refractivity (Wildman–Crippen MR) is 106 cm³/mol. The molecule has 3 rings (SSSR count). The lowest BCUT2D eigenvalue weighted by molar-refractivity contribution is -0.142. The molecule has 1 atom stereocenters. The molecule has 2 N–H and O–H groups in total. The van der Waals surface area contributed by atoms with Gasteiger partial charge in [0.15, 0.2) is 0 Å². The quantitative estimate of drug-likeness (QED) is 0.796. The van der Waals surface area contributed by atoms with E-state index in [1.807, 2.05) is 0 Å². The highest BCUT2D eigenvalue weighted by Gasteiger charge is 2.40. The Kier molecular flexibility index (Phi) is 10.0. The van der Waals surface area contributed by atoms with Gasteiger partial charge in [-0.25, -0.2) is 0 Å². The molecule has 0 saturated carbocycles. The minimum Gasteiger partial charge on any atom is -0.381 e. The van der Waals surface area contributed by atoms with Gasteiger partial charge in [-0.3, -0.25) is 4.79 Å². The highest BCUT2D eigenvalue weighted by molar-refractivity contribution is 5.86. The maximum Gasteiger partial charge on any atom is 0.242 e. The number of ether oxygens (including phenoxy) is 1. The lowest BCUT2D eigenvalue weighted by Crippen LogP contribution is -2.59. The molecule has 148 valence electrons. The Morgan fingerprint density at radius 3 is 2.28 bits per heavy atom. The first-order valence-corrected chi connectivity index (χ1v) is 9.56. The molecule has 0 spiro atoms. The van der Waals surface area contributed by atoms with Crippen molar-refractivity contribution in [2.45, 2.75) is 56.9 Å². The van der Waals surface area contributed by atoms with Crippen LogP contribution >= 0.6 is 24.8 Å². The van der Waals surface area contributed by atoms with E-state index in [4.69, 9.17) is 10.5 Å². The summed E-state index contributed by atoms with van der Waals surface area (Å²) < 4.78 is 5.38. The van der Waals surface area contributed by atoms with Gasteiger partial charge in [0.25, 0.3) is 0 Å². The molecule has 0 aromatic heterocycles. The molecular weight excluding hydrogens is 361 g/mol. The number of hydrogen-bond acceptors (Lipinski definition) is 4. The van der Waals surface area contributed by atoms with Crippen molar-refractivity contribution < 1.29 is 9.53 Å². The summed E-state index contributed by atoms with van der Waals surface area (Å²) in [7, 11) is 0. The van der Waals surface area contributed by atoms with Gasteiger partial charge in [-0.15, -0.1) is 24.8 Å². The number of nitrogens with two attached hydrogens (primary N) is 1. The van der Waals surface area contributed by atoms with Crippen molar-refractivity contribution in [3.05, 3.63) is 0 Å². The number of carbonyl (C=O) groups is 1. The molecule has 25 heavy (non-hydrogen) atoms. The molecule has 3 aliphatic heterocycles. The second kappa shape index (κ2) is 10.9. The fraction of sp³-hybridized carbons (Fsp3) is 0.944. The van der Waals surface area contributed by atoms with Gasteiger partial charge in [0.1, 0.15) is 0 Å². The molecule has 5 nitrogen and oxygen atoms in total. The molecule has 3 heterocycles. The maximum absolute atomic E-state index is 12.9. The van der Waals surface area contributed by atoms with Crippen molar-refractivity contribution in [1.82, 2.24) is 9.80 Å². The van der Waals surface area contributed by atoms with Crippen LogP contribution in [0.3, 0.4) is 0 Å². The summed E-state index contributed by atoms with van der Waals surface area (Å²) in [5.41, 5.74) is 5.72. The summed E-state index contributed by atoms with van der Waals surface area (Å²) in [5.74, 6) is 0.788. The fourth-order valence-electron chi connectivity index (χ4n) is 4.35. The van der Waals surface area contributed by atoms with Crippen molar-refractivity contribution in [2.75, 3.05) is 45.9 Å². The van der Waals surface area contributed by atoms with Gasteiger partial charge >= 0.3 is 0 Å². The third-order valence-electron chi connectivity index (χ3n) is 5.83. The van der Waals surface area contributed by atoms with Gasteiger partial charge in [-0.2, -0.15) is 0 Å². The third-order valence-corrected chi connectivity index (χ3v) is 5.83. The second-order valence-electron chi connectivity index (χ2n) is 7.74. The van der Waals surface area contributed by atoms with Crippen molar-refractivity contribution in [2.24, 2.45) is 11.7 Å². The van der Waals surface area contributed by atoms with Crippen molar-refractivity contribution in [1.29, 1.82) is 0 Å². The summed E-state index contributed by atoms with van der Waals surface area (Å²) in [6.07, 6.45) is 9.13. The number of nitrogens with zero attached hydrogens (tertiary/aromatic N) is 2. The standard InChI is InChI=1S/C18H33N3O2.2ClH/c19-18(7-12-23-13-8-18)17(22)21-11-5-6-16(15-21)14-20-9-3-1-2-4-10-20;;/h16H,1-15,19H2;2*1H. The minimum absolute atomic E-state index is 0. The van der Waals surface area contributed by atoms with Crippen LogP contribution in [0.5, 0.6) is 0 Å². The SMILES string of the molecule is Cl.Cl.NC1(C(=O)N2CCCC(CN3CCCCCC3)C2)CCOCC1. The number of amides is 1. The van der Waals surface area contributed by atoms with Crippen LogP contribution in [-0.4, -0.2) is 67.2 Å². The van der Waals surface area contributed by atoms with Crippen LogP contribution in [0.25, 0.3) is 0 Å².